The molecule has 2 aliphatic heterocycles. The Balaban J connectivity index is 1.38. The Hall–Kier alpha value is -1.99. The number of hydrogen-bond donors (Lipinski definition) is 2. The number of carbonyl (C=O) groups is 1. The maximum absolute atomic E-state index is 13.3. The predicted molar refractivity (Wildman–Crippen MR) is 91.4 cm³/mol. The van der Waals surface area contributed by atoms with Gasteiger partial charge in [0.25, 0.3) is 0 Å². The molecule has 0 saturated carbocycles. The summed E-state index contributed by atoms with van der Waals surface area (Å²) in [5.74, 6) is 0.469. The van der Waals surface area contributed by atoms with Crippen LogP contribution in [0.3, 0.4) is 0 Å². The number of aromatic amines is 1. The lowest BCUT2D eigenvalue weighted by Gasteiger charge is -2.29. The van der Waals surface area contributed by atoms with Crippen molar-refractivity contribution in [2.45, 2.75) is 31.9 Å². The molecule has 2 aromatic rings. The minimum atomic E-state index is -0.284. The van der Waals surface area contributed by atoms with Crippen molar-refractivity contribution in [3.63, 3.8) is 0 Å². The molecule has 3 heterocycles. The van der Waals surface area contributed by atoms with E-state index >= 15 is 0 Å². The van der Waals surface area contributed by atoms with Crippen LogP contribution in [0.4, 0.5) is 4.39 Å². The van der Waals surface area contributed by atoms with Gasteiger partial charge < -0.3 is 15.0 Å². The molecule has 25 heavy (non-hydrogen) atoms. The smallest absolute Gasteiger partial charge is 0.312 e. The van der Waals surface area contributed by atoms with E-state index in [1.54, 1.807) is 6.07 Å². The van der Waals surface area contributed by atoms with E-state index < -0.39 is 0 Å². The zero-order valence-corrected chi connectivity index (χ0v) is 14.3. The summed E-state index contributed by atoms with van der Waals surface area (Å²) in [5, 5.41) is 3.30. The monoisotopic (exact) mass is 346 g/mol. The molecule has 1 aromatic carbocycles. The van der Waals surface area contributed by atoms with Crippen LogP contribution in [0.1, 0.15) is 25.1 Å². The molecule has 1 unspecified atom stereocenters. The third kappa shape index (κ3) is 3.26. The van der Waals surface area contributed by atoms with Crippen molar-refractivity contribution in [1.29, 1.82) is 0 Å². The highest BCUT2D eigenvalue weighted by molar-refractivity contribution is 5.79. The number of nitrogens with one attached hydrogen (secondary N) is 2. The van der Waals surface area contributed by atoms with Crippen LogP contribution < -0.4 is 5.32 Å². The van der Waals surface area contributed by atoms with E-state index in [0.29, 0.717) is 18.6 Å². The number of nitrogens with zero attached hydrogens (tertiary/aromatic N) is 2. The number of esters is 1. The van der Waals surface area contributed by atoms with Crippen LogP contribution >= 0.6 is 0 Å². The largest absolute Gasteiger partial charge is 0.461 e. The number of H-pyrrole nitrogens is 1. The van der Waals surface area contributed by atoms with Gasteiger partial charge in [-0.15, -0.1) is 0 Å². The number of likely N-dealkylation sites (N-methyl/N-ethyl adjacent to an activating group) is 1. The van der Waals surface area contributed by atoms with E-state index in [1.807, 2.05) is 7.05 Å². The fraction of sp³-hybridized carbons (Fsp3) is 0.556. The van der Waals surface area contributed by atoms with Crippen molar-refractivity contribution in [3.8, 4) is 0 Å². The van der Waals surface area contributed by atoms with Crippen LogP contribution in [0.15, 0.2) is 18.2 Å². The maximum Gasteiger partial charge on any atom is 0.312 e. The first-order valence-corrected chi connectivity index (χ1v) is 8.79. The van der Waals surface area contributed by atoms with Crippen molar-refractivity contribution < 1.29 is 13.9 Å². The molecule has 0 radical (unpaired) electrons. The quantitative estimate of drug-likeness (QED) is 0.827. The highest BCUT2D eigenvalue weighted by Crippen LogP contribution is 2.41. The SMILES string of the molecule is CN(Cc1nc2ccc(F)cc2[nH]1)CC1CC2(CCNCC2)C(=O)O1. The normalized spacial score (nSPS) is 22.8. The number of benzene rings is 1. The molecule has 0 bridgehead atoms. The van der Waals surface area contributed by atoms with Crippen LogP contribution in [0.2, 0.25) is 0 Å². The molecule has 2 aliphatic rings. The summed E-state index contributed by atoms with van der Waals surface area (Å²) in [6.07, 6.45) is 2.45. The van der Waals surface area contributed by atoms with Crippen molar-refractivity contribution >= 4 is 17.0 Å². The molecule has 4 rings (SSSR count). The fourth-order valence-corrected chi connectivity index (χ4v) is 4.03. The first-order chi connectivity index (χ1) is 12.0. The van der Waals surface area contributed by atoms with Crippen LogP contribution in [0.25, 0.3) is 11.0 Å². The number of aromatic nitrogens is 2. The van der Waals surface area contributed by atoms with Gasteiger partial charge in [-0.25, -0.2) is 9.37 Å². The van der Waals surface area contributed by atoms with Crippen LogP contribution in [0, 0.1) is 11.2 Å². The van der Waals surface area contributed by atoms with Crippen LogP contribution in [-0.4, -0.2) is 53.6 Å². The van der Waals surface area contributed by atoms with E-state index in [0.717, 1.165) is 43.7 Å². The summed E-state index contributed by atoms with van der Waals surface area (Å²) in [7, 11) is 1.98. The number of ether oxygens (including phenoxy) is 1. The van der Waals surface area contributed by atoms with Gasteiger partial charge in [-0.3, -0.25) is 9.69 Å². The lowest BCUT2D eigenvalue weighted by Crippen LogP contribution is -2.39. The zero-order chi connectivity index (χ0) is 17.4. The summed E-state index contributed by atoms with van der Waals surface area (Å²) >= 11 is 0. The number of rotatable bonds is 4. The van der Waals surface area contributed by atoms with E-state index in [1.165, 1.54) is 12.1 Å². The highest BCUT2D eigenvalue weighted by atomic mass is 19.1. The molecule has 0 aliphatic carbocycles. The average molecular weight is 346 g/mol. The second-order valence-corrected chi connectivity index (χ2v) is 7.30. The second kappa shape index (κ2) is 6.38. The molecule has 1 spiro atoms. The van der Waals surface area contributed by atoms with E-state index in [9.17, 15) is 9.18 Å². The Morgan fingerprint density at radius 2 is 2.20 bits per heavy atom. The third-order valence-corrected chi connectivity index (χ3v) is 5.31. The van der Waals surface area contributed by atoms with E-state index in [2.05, 4.69) is 20.2 Å². The molecule has 6 nitrogen and oxygen atoms in total. The number of cyclic esters (lactones) is 1. The van der Waals surface area contributed by atoms with Crippen molar-refractivity contribution in [3.05, 3.63) is 29.8 Å². The highest BCUT2D eigenvalue weighted by Gasteiger charge is 2.49. The lowest BCUT2D eigenvalue weighted by atomic mass is 9.76. The zero-order valence-electron chi connectivity index (χ0n) is 14.3. The van der Waals surface area contributed by atoms with Crippen molar-refractivity contribution in [2.75, 3.05) is 26.7 Å². The standard InChI is InChI=1S/C18H23FN4O2/c1-23(11-16-21-14-3-2-12(19)8-15(14)22-16)10-13-9-18(17(24)25-13)4-6-20-7-5-18/h2-3,8,13,20H,4-7,9-11H2,1H3,(H,21,22). The maximum atomic E-state index is 13.3. The Bertz CT molecular complexity index is 784. The Morgan fingerprint density at radius 3 is 3.00 bits per heavy atom. The molecule has 7 heteroatoms. The molecule has 2 fully saturated rings. The third-order valence-electron chi connectivity index (χ3n) is 5.31. The van der Waals surface area contributed by atoms with Crippen molar-refractivity contribution in [1.82, 2.24) is 20.2 Å². The minimum Gasteiger partial charge on any atom is -0.461 e. The Morgan fingerprint density at radius 1 is 1.40 bits per heavy atom. The Labute approximate surface area is 145 Å². The molecular formula is C18H23FN4O2. The fourth-order valence-electron chi connectivity index (χ4n) is 4.03. The van der Waals surface area contributed by atoms with Gasteiger partial charge in [-0.05, 0) is 51.2 Å². The molecule has 1 atom stereocenters. The van der Waals surface area contributed by atoms with Gasteiger partial charge >= 0.3 is 5.97 Å². The van der Waals surface area contributed by atoms with Crippen LogP contribution in [-0.2, 0) is 16.1 Å². The molecule has 134 valence electrons. The molecule has 2 N–H and O–H groups in total. The number of halogens is 1. The molecule has 0 amide bonds. The summed E-state index contributed by atoms with van der Waals surface area (Å²) in [4.78, 5) is 22.1. The van der Waals surface area contributed by atoms with Gasteiger partial charge in [-0.2, -0.15) is 0 Å². The number of fused-ring (bicyclic) bond motifs is 1. The average Bonchev–Trinajstić information content (AvgIpc) is 3.08. The van der Waals surface area contributed by atoms with E-state index in [-0.39, 0.29) is 23.3 Å². The molecule has 1 aromatic heterocycles. The molecule has 2 saturated heterocycles. The lowest BCUT2D eigenvalue weighted by molar-refractivity contribution is -0.150. The number of carbonyl (C=O) groups excluding carboxylic acids is 1. The van der Waals surface area contributed by atoms with Gasteiger partial charge in [-0.1, -0.05) is 0 Å². The topological polar surface area (TPSA) is 70.2 Å². The first kappa shape index (κ1) is 16.5. The van der Waals surface area contributed by atoms with Gasteiger partial charge in [0, 0.05) is 13.0 Å². The number of imidazole rings is 1. The van der Waals surface area contributed by atoms with Gasteiger partial charge in [0.2, 0.25) is 0 Å². The molecular weight excluding hydrogens is 323 g/mol. The summed E-state index contributed by atoms with van der Waals surface area (Å²) < 4.78 is 18.9. The summed E-state index contributed by atoms with van der Waals surface area (Å²) in [5.41, 5.74) is 1.17. The van der Waals surface area contributed by atoms with Crippen molar-refractivity contribution in [2.24, 2.45) is 5.41 Å². The predicted octanol–water partition coefficient (Wildman–Crippen LogP) is 1.82. The Kier molecular flexibility index (Phi) is 4.21. The summed E-state index contributed by atoms with van der Waals surface area (Å²) in [6, 6.07) is 4.53. The number of hydrogen-bond acceptors (Lipinski definition) is 5. The van der Waals surface area contributed by atoms with E-state index in [4.69, 9.17) is 4.74 Å². The van der Waals surface area contributed by atoms with Gasteiger partial charge in [0.1, 0.15) is 17.7 Å². The summed E-state index contributed by atoms with van der Waals surface area (Å²) in [6.45, 7) is 3.03. The minimum absolute atomic E-state index is 0.0355. The van der Waals surface area contributed by atoms with Gasteiger partial charge in [0.05, 0.1) is 23.0 Å². The number of piperidine rings is 1. The van der Waals surface area contributed by atoms with Crippen LogP contribution in [0.5, 0.6) is 0 Å². The second-order valence-electron chi connectivity index (χ2n) is 7.30. The first-order valence-electron chi connectivity index (χ1n) is 8.79. The van der Waals surface area contributed by atoms with Gasteiger partial charge in [0.15, 0.2) is 0 Å².